The number of aryl methyl sites for hydroxylation is 1. The Bertz CT molecular complexity index is 3360. The zero-order valence-electron chi connectivity index (χ0n) is 36.3. The Morgan fingerprint density at radius 2 is 1.42 bits per heavy atom. The SMILES string of the molecule is Cc1cc2c3c(c1)N(c1cccc(-c4ccccc4)c1)C1C4=C(C=C5Sc6c(c(cc7oc8c(c67)C=CCC8C)N2c2cccc(-c6ccccc6)c2)B3C51C)OC1(C)C=CC=CC41. The minimum Gasteiger partial charge on any atom is -0.482 e. The molecule has 0 radical (unpaired) electrons. The maximum atomic E-state index is 7.24. The molecule has 5 atom stereocenters. The van der Waals surface area contributed by atoms with E-state index in [0.717, 1.165) is 29.2 Å². The monoisotopic (exact) mass is 844 g/mol. The number of anilines is 5. The van der Waals surface area contributed by atoms with Gasteiger partial charge in [0.1, 0.15) is 22.7 Å². The van der Waals surface area contributed by atoms with Crippen molar-refractivity contribution in [1.29, 1.82) is 0 Å². The van der Waals surface area contributed by atoms with E-state index in [0.29, 0.717) is 5.92 Å². The molecule has 1 aromatic heterocycles. The highest BCUT2D eigenvalue weighted by molar-refractivity contribution is 8.04. The average Bonchev–Trinajstić information content (AvgIpc) is 3.84. The molecule has 0 bridgehead atoms. The van der Waals surface area contributed by atoms with E-state index >= 15 is 0 Å². The van der Waals surface area contributed by atoms with E-state index in [9.17, 15) is 0 Å². The van der Waals surface area contributed by atoms with E-state index in [1.165, 1.54) is 87.8 Å². The van der Waals surface area contributed by atoms with Crippen molar-refractivity contribution < 1.29 is 9.15 Å². The van der Waals surface area contributed by atoms with Crippen LogP contribution in [-0.4, -0.2) is 18.4 Å². The van der Waals surface area contributed by atoms with Gasteiger partial charge in [0.15, 0.2) is 0 Å². The quantitative estimate of drug-likeness (QED) is 0.165. The lowest BCUT2D eigenvalue weighted by Gasteiger charge is -2.60. The minimum absolute atomic E-state index is 0.0426. The number of benzene rings is 6. The summed E-state index contributed by atoms with van der Waals surface area (Å²) in [6.07, 6.45) is 17.2. The molecule has 6 heteroatoms. The molecular formula is C58H45BN2O2S. The van der Waals surface area contributed by atoms with Crippen LogP contribution in [0.3, 0.4) is 0 Å². The van der Waals surface area contributed by atoms with Crippen molar-refractivity contribution in [3.8, 4) is 22.3 Å². The lowest BCUT2D eigenvalue weighted by molar-refractivity contribution is 0.0732. The molecule has 6 aromatic carbocycles. The molecule has 5 heterocycles. The molecule has 0 N–H and O–H groups in total. The van der Waals surface area contributed by atoms with Gasteiger partial charge in [-0.05, 0) is 112 Å². The van der Waals surface area contributed by atoms with Crippen LogP contribution in [0.5, 0.6) is 0 Å². The number of hydrogen-bond acceptors (Lipinski definition) is 5. The van der Waals surface area contributed by atoms with E-state index in [-0.39, 0.29) is 24.0 Å². The van der Waals surface area contributed by atoms with Gasteiger partial charge in [-0.1, -0.05) is 141 Å². The molecule has 0 saturated carbocycles. The zero-order valence-corrected chi connectivity index (χ0v) is 37.1. The highest BCUT2D eigenvalue weighted by Crippen LogP contribution is 2.68. The highest BCUT2D eigenvalue weighted by Gasteiger charge is 2.66. The summed E-state index contributed by atoms with van der Waals surface area (Å²) in [7, 11) is 0. The summed E-state index contributed by atoms with van der Waals surface area (Å²) in [5, 5.41) is 0.875. The Morgan fingerprint density at radius 3 is 2.19 bits per heavy atom. The minimum atomic E-state index is -0.483. The van der Waals surface area contributed by atoms with Gasteiger partial charge in [-0.25, -0.2) is 0 Å². The van der Waals surface area contributed by atoms with Crippen LogP contribution >= 0.6 is 11.8 Å². The maximum Gasteiger partial charge on any atom is 0.232 e. The molecule has 0 saturated heterocycles. The van der Waals surface area contributed by atoms with Crippen LogP contribution in [0.1, 0.15) is 50.0 Å². The highest BCUT2D eigenvalue weighted by atomic mass is 32.2. The number of thioether (sulfide) groups is 1. The van der Waals surface area contributed by atoms with Crippen molar-refractivity contribution in [2.24, 2.45) is 5.92 Å². The number of rotatable bonds is 4. The first kappa shape index (κ1) is 36.8. The molecular weight excluding hydrogens is 800 g/mol. The van der Waals surface area contributed by atoms with Gasteiger partial charge in [0.2, 0.25) is 6.71 Å². The smallest absolute Gasteiger partial charge is 0.232 e. The molecule has 64 heavy (non-hydrogen) atoms. The summed E-state index contributed by atoms with van der Waals surface area (Å²) >= 11 is 1.97. The molecule has 0 amide bonds. The van der Waals surface area contributed by atoms with Crippen molar-refractivity contribution >= 4 is 74.9 Å². The third-order valence-corrected chi connectivity index (χ3v) is 16.8. The molecule has 308 valence electrons. The van der Waals surface area contributed by atoms with Gasteiger partial charge in [0.25, 0.3) is 0 Å². The number of furan rings is 1. The summed E-state index contributed by atoms with van der Waals surface area (Å²) in [5.74, 6) is 2.50. The van der Waals surface area contributed by atoms with Gasteiger partial charge in [-0.15, -0.1) is 0 Å². The molecule has 4 nitrogen and oxygen atoms in total. The molecule has 7 aromatic rings. The second kappa shape index (κ2) is 13.0. The summed E-state index contributed by atoms with van der Waals surface area (Å²) in [6, 6.07) is 47.3. The van der Waals surface area contributed by atoms with Crippen molar-refractivity contribution in [3.63, 3.8) is 0 Å². The topological polar surface area (TPSA) is 28.9 Å². The molecule has 3 aliphatic carbocycles. The molecule has 7 aliphatic rings. The summed E-state index contributed by atoms with van der Waals surface area (Å²) in [6.45, 7) is 9.48. The van der Waals surface area contributed by atoms with Crippen LogP contribution in [0, 0.1) is 12.8 Å². The maximum absolute atomic E-state index is 7.24. The standard InChI is InChI=1S/C58H45BN2O2S/c1-34-28-44-52-45(29-34)61(41-24-15-22-39(31-41)37-19-9-6-10-20-37)56-51-43-26-11-12-27-57(43,3)63-48(51)33-49-58(56,4)59(52)53-46(60(44)40-23-14-21-38(30-40)36-17-7-5-8-18-36)32-47-50(55(53)64-49)42-25-13-16-35(2)54(42)62-47/h5-15,17-33,35,43,56H,16H2,1-4H3. The number of hydrogen-bond donors (Lipinski definition) is 0. The summed E-state index contributed by atoms with van der Waals surface area (Å²) in [5.41, 5.74) is 18.0. The first-order valence-corrected chi connectivity index (χ1v) is 23.6. The van der Waals surface area contributed by atoms with Gasteiger partial charge in [0.05, 0.1) is 6.04 Å². The van der Waals surface area contributed by atoms with E-state index in [1.807, 2.05) is 11.8 Å². The molecule has 0 spiro atoms. The van der Waals surface area contributed by atoms with Gasteiger partial charge in [-0.3, -0.25) is 0 Å². The fraction of sp³-hybridized carbons (Fsp3) is 0.172. The van der Waals surface area contributed by atoms with Crippen LogP contribution < -0.4 is 20.7 Å². The number of nitrogens with zero attached hydrogens (tertiary/aromatic N) is 2. The van der Waals surface area contributed by atoms with E-state index in [4.69, 9.17) is 9.15 Å². The summed E-state index contributed by atoms with van der Waals surface area (Å²) < 4.78 is 14.3. The molecule has 4 aliphatic heterocycles. The largest absolute Gasteiger partial charge is 0.482 e. The number of ether oxygens (including phenoxy) is 1. The van der Waals surface area contributed by atoms with Crippen LogP contribution in [0.15, 0.2) is 189 Å². The Morgan fingerprint density at radius 1 is 0.734 bits per heavy atom. The number of allylic oxidation sites excluding steroid dienone is 4. The van der Waals surface area contributed by atoms with Gasteiger partial charge in [0, 0.05) is 73.1 Å². The second-order valence-electron chi connectivity index (χ2n) is 19.2. The van der Waals surface area contributed by atoms with Crippen molar-refractivity contribution in [3.05, 3.63) is 197 Å². The summed E-state index contributed by atoms with van der Waals surface area (Å²) in [4.78, 5) is 7.97. The van der Waals surface area contributed by atoms with Gasteiger partial charge < -0.3 is 19.0 Å². The normalized spacial score (nSPS) is 24.9. The Kier molecular flexibility index (Phi) is 7.47. The molecule has 5 unspecified atom stereocenters. The Balaban J connectivity index is 1.11. The van der Waals surface area contributed by atoms with E-state index in [1.54, 1.807) is 0 Å². The van der Waals surface area contributed by atoms with Crippen LogP contribution in [-0.2, 0) is 4.74 Å². The Labute approximate surface area is 379 Å². The van der Waals surface area contributed by atoms with Crippen molar-refractivity contribution in [2.75, 3.05) is 9.80 Å². The molecule has 0 fully saturated rings. The number of fused-ring (bicyclic) bond motifs is 7. The lowest BCUT2D eigenvalue weighted by atomic mass is 9.22. The van der Waals surface area contributed by atoms with Crippen LogP contribution in [0.4, 0.5) is 28.4 Å². The fourth-order valence-electron chi connectivity index (χ4n) is 12.6. The van der Waals surface area contributed by atoms with Crippen LogP contribution in [0.2, 0.25) is 5.31 Å². The van der Waals surface area contributed by atoms with E-state index < -0.39 is 5.60 Å². The zero-order chi connectivity index (χ0) is 42.6. The molecule has 14 rings (SSSR count). The van der Waals surface area contributed by atoms with Gasteiger partial charge >= 0.3 is 0 Å². The predicted molar refractivity (Wildman–Crippen MR) is 267 cm³/mol. The van der Waals surface area contributed by atoms with E-state index in [2.05, 4.69) is 207 Å². The lowest BCUT2D eigenvalue weighted by Crippen LogP contribution is -2.69. The predicted octanol–water partition coefficient (Wildman–Crippen LogP) is 14.1. The second-order valence-corrected chi connectivity index (χ2v) is 20.3. The fourth-order valence-corrected chi connectivity index (χ4v) is 14.1. The van der Waals surface area contributed by atoms with Crippen molar-refractivity contribution in [1.82, 2.24) is 0 Å². The Hall–Kier alpha value is -6.63. The van der Waals surface area contributed by atoms with Crippen LogP contribution in [0.25, 0.3) is 39.3 Å². The van der Waals surface area contributed by atoms with Crippen molar-refractivity contribution in [2.45, 2.75) is 61.9 Å². The van der Waals surface area contributed by atoms with Gasteiger partial charge in [-0.2, -0.15) is 0 Å². The first-order chi connectivity index (χ1) is 31.3. The third-order valence-electron chi connectivity index (χ3n) is 15.4. The first-order valence-electron chi connectivity index (χ1n) is 22.8. The third kappa shape index (κ3) is 4.82. The average molecular weight is 845 g/mol.